The van der Waals surface area contributed by atoms with Crippen molar-refractivity contribution in [2.24, 2.45) is 0 Å². The number of hydrogen-bond donors (Lipinski definition) is 2. The van der Waals surface area contributed by atoms with Gasteiger partial charge in [0, 0.05) is 5.69 Å². The van der Waals surface area contributed by atoms with Crippen LogP contribution in [0.3, 0.4) is 0 Å². The lowest BCUT2D eigenvalue weighted by atomic mass is 10.1. The molecule has 2 aromatic rings. The Morgan fingerprint density at radius 1 is 1.15 bits per heavy atom. The summed E-state index contributed by atoms with van der Waals surface area (Å²) in [6.07, 6.45) is 0. The van der Waals surface area contributed by atoms with E-state index in [2.05, 4.69) is 5.32 Å². The molecule has 0 aliphatic heterocycles. The number of amides is 1. The number of carbonyl (C=O) groups excluding carboxylic acids is 1. The molecule has 0 fully saturated rings. The normalized spacial score (nSPS) is 10.4. The second-order valence-electron chi connectivity index (χ2n) is 4.25. The molecule has 0 atom stereocenters. The van der Waals surface area contributed by atoms with Gasteiger partial charge in [-0.3, -0.25) is 4.79 Å². The highest BCUT2D eigenvalue weighted by Gasteiger charge is 2.17. The lowest BCUT2D eigenvalue weighted by Crippen LogP contribution is -2.16. The van der Waals surface area contributed by atoms with Crippen molar-refractivity contribution in [3.63, 3.8) is 0 Å². The highest BCUT2D eigenvalue weighted by molar-refractivity contribution is 6.05. The van der Waals surface area contributed by atoms with Gasteiger partial charge in [0.15, 0.2) is 11.6 Å². The molecule has 104 valence electrons. The summed E-state index contributed by atoms with van der Waals surface area (Å²) in [6, 6.07) is 5.82. The third kappa shape index (κ3) is 2.59. The third-order valence-electron chi connectivity index (χ3n) is 2.72. The molecule has 1 amide bonds. The summed E-state index contributed by atoms with van der Waals surface area (Å²) < 4.78 is 40.3. The van der Waals surface area contributed by atoms with E-state index in [9.17, 15) is 18.0 Å². The molecule has 2 rings (SSSR count). The van der Waals surface area contributed by atoms with E-state index < -0.39 is 23.4 Å². The lowest BCUT2D eigenvalue weighted by Gasteiger charge is -2.09. The van der Waals surface area contributed by atoms with E-state index in [4.69, 9.17) is 5.73 Å². The average molecular weight is 280 g/mol. The Morgan fingerprint density at radius 2 is 1.85 bits per heavy atom. The van der Waals surface area contributed by atoms with Gasteiger partial charge in [-0.25, -0.2) is 13.2 Å². The van der Waals surface area contributed by atoms with Crippen LogP contribution in [0.1, 0.15) is 15.9 Å². The van der Waals surface area contributed by atoms with Crippen LogP contribution in [0.25, 0.3) is 0 Å². The first kappa shape index (κ1) is 13.9. The van der Waals surface area contributed by atoms with Crippen LogP contribution in [0.4, 0.5) is 24.5 Å². The summed E-state index contributed by atoms with van der Waals surface area (Å²) >= 11 is 0. The first-order valence-corrected chi connectivity index (χ1v) is 5.71. The Bertz CT molecular complexity index is 686. The minimum Gasteiger partial charge on any atom is -0.399 e. The quantitative estimate of drug-likeness (QED) is 0.830. The maximum atomic E-state index is 13.8. The van der Waals surface area contributed by atoms with Crippen molar-refractivity contribution in [3.05, 3.63) is 58.9 Å². The number of rotatable bonds is 2. The van der Waals surface area contributed by atoms with E-state index in [1.54, 1.807) is 0 Å². The lowest BCUT2D eigenvalue weighted by molar-refractivity contribution is 0.102. The summed E-state index contributed by atoms with van der Waals surface area (Å²) in [5.74, 6) is -3.97. The predicted octanol–water partition coefficient (Wildman–Crippen LogP) is 3.25. The molecule has 0 aliphatic rings. The second kappa shape index (κ2) is 5.24. The number of hydrogen-bond acceptors (Lipinski definition) is 2. The Kier molecular flexibility index (Phi) is 3.65. The summed E-state index contributed by atoms with van der Waals surface area (Å²) in [7, 11) is 0. The van der Waals surface area contributed by atoms with Crippen LogP contribution >= 0.6 is 0 Å². The number of anilines is 2. The van der Waals surface area contributed by atoms with E-state index in [0.29, 0.717) is 0 Å². The zero-order valence-electron chi connectivity index (χ0n) is 10.5. The number of nitrogens with one attached hydrogen (secondary N) is 1. The summed E-state index contributed by atoms with van der Waals surface area (Å²) in [6.45, 7) is 1.45. The van der Waals surface area contributed by atoms with Gasteiger partial charge in [0.05, 0.1) is 11.3 Å². The number of aryl methyl sites for hydroxylation is 1. The van der Waals surface area contributed by atoms with Gasteiger partial charge >= 0.3 is 0 Å². The average Bonchev–Trinajstić information content (AvgIpc) is 2.39. The molecule has 0 bridgehead atoms. The van der Waals surface area contributed by atoms with Crippen LogP contribution in [0.15, 0.2) is 30.3 Å². The molecular weight excluding hydrogens is 269 g/mol. The molecule has 2 aromatic carbocycles. The molecule has 3 nitrogen and oxygen atoms in total. The highest BCUT2D eigenvalue weighted by atomic mass is 19.2. The van der Waals surface area contributed by atoms with Crippen molar-refractivity contribution in [1.29, 1.82) is 0 Å². The maximum Gasteiger partial charge on any atom is 0.258 e. The van der Waals surface area contributed by atoms with Gasteiger partial charge in [-0.1, -0.05) is 6.07 Å². The molecular formula is C14H11F3N2O. The number of benzene rings is 2. The Hall–Kier alpha value is -2.50. The van der Waals surface area contributed by atoms with E-state index >= 15 is 0 Å². The van der Waals surface area contributed by atoms with Crippen LogP contribution < -0.4 is 11.1 Å². The molecule has 0 spiro atoms. The molecule has 3 N–H and O–H groups in total. The summed E-state index contributed by atoms with van der Waals surface area (Å²) in [5, 5.41) is 2.11. The number of nitrogen functional groups attached to an aromatic ring is 1. The van der Waals surface area contributed by atoms with Crippen molar-refractivity contribution >= 4 is 17.3 Å². The van der Waals surface area contributed by atoms with Crippen molar-refractivity contribution in [2.45, 2.75) is 6.92 Å². The molecule has 0 unspecified atom stereocenters. The van der Waals surface area contributed by atoms with Crippen molar-refractivity contribution in [2.75, 3.05) is 11.1 Å². The van der Waals surface area contributed by atoms with E-state index in [1.807, 2.05) is 0 Å². The van der Waals surface area contributed by atoms with Gasteiger partial charge in [0.2, 0.25) is 0 Å². The summed E-state index contributed by atoms with van der Waals surface area (Å²) in [4.78, 5) is 11.9. The fourth-order valence-corrected chi connectivity index (χ4v) is 1.75. The minimum absolute atomic E-state index is 0.190. The van der Waals surface area contributed by atoms with E-state index in [-0.39, 0.29) is 22.5 Å². The molecule has 20 heavy (non-hydrogen) atoms. The van der Waals surface area contributed by atoms with Gasteiger partial charge in [-0.15, -0.1) is 0 Å². The Morgan fingerprint density at radius 3 is 2.55 bits per heavy atom. The smallest absolute Gasteiger partial charge is 0.258 e. The van der Waals surface area contributed by atoms with Gasteiger partial charge < -0.3 is 11.1 Å². The highest BCUT2D eigenvalue weighted by Crippen LogP contribution is 2.21. The van der Waals surface area contributed by atoms with Crippen LogP contribution in [0.2, 0.25) is 0 Å². The standard InChI is InChI=1S/C14H11F3N2O/c1-7-5-8(18)6-9(12(7)16)14(20)19-11-4-2-3-10(15)13(11)17/h2-6H,18H2,1H3,(H,19,20). The predicted molar refractivity (Wildman–Crippen MR) is 69.9 cm³/mol. The number of halogens is 3. The van der Waals surface area contributed by atoms with Crippen LogP contribution in [-0.2, 0) is 0 Å². The zero-order chi connectivity index (χ0) is 14.9. The fourth-order valence-electron chi connectivity index (χ4n) is 1.75. The van der Waals surface area contributed by atoms with Crippen LogP contribution in [0, 0.1) is 24.4 Å². The van der Waals surface area contributed by atoms with E-state index in [0.717, 1.165) is 12.1 Å². The molecule has 6 heteroatoms. The largest absolute Gasteiger partial charge is 0.399 e. The molecule has 0 aliphatic carbocycles. The SMILES string of the molecule is Cc1cc(N)cc(C(=O)Nc2cccc(F)c2F)c1F. The second-order valence-corrected chi connectivity index (χ2v) is 4.25. The molecule has 0 radical (unpaired) electrons. The van der Waals surface area contributed by atoms with Crippen molar-refractivity contribution in [1.82, 2.24) is 0 Å². The molecule has 0 heterocycles. The van der Waals surface area contributed by atoms with E-state index in [1.165, 1.54) is 25.1 Å². The first-order chi connectivity index (χ1) is 9.40. The Balaban J connectivity index is 2.36. The Labute approximate surface area is 113 Å². The molecule has 0 saturated carbocycles. The minimum atomic E-state index is -1.21. The number of nitrogens with two attached hydrogens (primary N) is 1. The first-order valence-electron chi connectivity index (χ1n) is 5.71. The van der Waals surface area contributed by atoms with Gasteiger partial charge in [-0.2, -0.15) is 0 Å². The van der Waals surface area contributed by atoms with Gasteiger partial charge in [0.1, 0.15) is 5.82 Å². The molecule has 0 aromatic heterocycles. The van der Waals surface area contributed by atoms with Crippen LogP contribution in [0.5, 0.6) is 0 Å². The van der Waals surface area contributed by atoms with Crippen molar-refractivity contribution < 1.29 is 18.0 Å². The zero-order valence-corrected chi connectivity index (χ0v) is 10.5. The topological polar surface area (TPSA) is 55.1 Å². The van der Waals surface area contributed by atoms with Crippen molar-refractivity contribution in [3.8, 4) is 0 Å². The van der Waals surface area contributed by atoms with Crippen LogP contribution in [-0.4, -0.2) is 5.91 Å². The fraction of sp³-hybridized carbons (Fsp3) is 0.0714. The molecule has 0 saturated heterocycles. The summed E-state index contributed by atoms with van der Waals surface area (Å²) in [5.41, 5.74) is 5.23. The van der Waals surface area contributed by atoms with Gasteiger partial charge in [-0.05, 0) is 36.8 Å². The number of carbonyl (C=O) groups is 1. The van der Waals surface area contributed by atoms with Gasteiger partial charge in [0.25, 0.3) is 5.91 Å². The third-order valence-corrected chi connectivity index (χ3v) is 2.72. The monoisotopic (exact) mass is 280 g/mol. The maximum absolute atomic E-state index is 13.8.